The molecular weight excluding hydrogens is 270 g/mol. The fourth-order valence-corrected chi connectivity index (χ4v) is 3.86. The van der Waals surface area contributed by atoms with Gasteiger partial charge in [0.1, 0.15) is 5.54 Å². The van der Waals surface area contributed by atoms with Crippen LogP contribution >= 0.6 is 0 Å². The number of carbonyl (C=O) groups excluding carboxylic acids is 2. The van der Waals surface area contributed by atoms with Crippen molar-refractivity contribution in [1.29, 1.82) is 0 Å². The molecule has 0 spiro atoms. The van der Waals surface area contributed by atoms with Gasteiger partial charge in [0.15, 0.2) is 0 Å². The Balaban J connectivity index is 1.65. The summed E-state index contributed by atoms with van der Waals surface area (Å²) >= 11 is 0. The molecule has 3 aliphatic rings. The van der Waals surface area contributed by atoms with E-state index in [4.69, 9.17) is 4.74 Å². The van der Waals surface area contributed by atoms with E-state index in [-0.39, 0.29) is 17.9 Å². The predicted octanol–water partition coefficient (Wildman–Crippen LogP) is 0.675. The summed E-state index contributed by atoms with van der Waals surface area (Å²) in [4.78, 5) is 27.8. The number of urea groups is 1. The standard InChI is InChI=1S/C15H25N3O3/c1-15(13(19)17(2)14(20)16-15)12-4-3-6-18(9-12)8-11-5-7-21-10-11/h11-12H,3-10H2,1-2H3,(H,16,20). The molecule has 0 aromatic rings. The highest BCUT2D eigenvalue weighted by Crippen LogP contribution is 2.32. The van der Waals surface area contributed by atoms with Crippen molar-refractivity contribution in [3.8, 4) is 0 Å². The van der Waals surface area contributed by atoms with Crippen LogP contribution in [-0.2, 0) is 9.53 Å². The highest BCUT2D eigenvalue weighted by atomic mass is 16.5. The van der Waals surface area contributed by atoms with Crippen molar-refractivity contribution < 1.29 is 14.3 Å². The summed E-state index contributed by atoms with van der Waals surface area (Å²) in [5.74, 6) is 0.714. The van der Waals surface area contributed by atoms with Gasteiger partial charge in [-0.2, -0.15) is 0 Å². The van der Waals surface area contributed by atoms with Gasteiger partial charge in [-0.3, -0.25) is 9.69 Å². The summed E-state index contributed by atoms with van der Waals surface area (Å²) in [6.45, 7) is 6.62. The molecule has 21 heavy (non-hydrogen) atoms. The fourth-order valence-electron chi connectivity index (χ4n) is 3.86. The number of nitrogens with one attached hydrogen (secondary N) is 1. The van der Waals surface area contributed by atoms with E-state index in [1.807, 2.05) is 6.92 Å². The maximum absolute atomic E-state index is 12.4. The number of nitrogens with zero attached hydrogens (tertiary/aromatic N) is 2. The zero-order valence-corrected chi connectivity index (χ0v) is 12.9. The summed E-state index contributed by atoms with van der Waals surface area (Å²) in [6.07, 6.45) is 3.21. The van der Waals surface area contributed by atoms with Crippen LogP contribution in [-0.4, -0.2) is 67.2 Å². The molecule has 6 nitrogen and oxygen atoms in total. The maximum Gasteiger partial charge on any atom is 0.324 e. The molecule has 0 bridgehead atoms. The van der Waals surface area contributed by atoms with Crippen LogP contribution in [0.4, 0.5) is 4.79 Å². The molecule has 3 fully saturated rings. The molecular formula is C15H25N3O3. The lowest BCUT2D eigenvalue weighted by Crippen LogP contribution is -2.56. The SMILES string of the molecule is CN1C(=O)NC(C)(C2CCCN(CC3CCOC3)C2)C1=O. The first kappa shape index (κ1) is 14.8. The summed E-state index contributed by atoms with van der Waals surface area (Å²) in [5, 5.41) is 2.90. The average Bonchev–Trinajstić information content (AvgIpc) is 3.04. The second kappa shape index (κ2) is 5.57. The van der Waals surface area contributed by atoms with Crippen molar-refractivity contribution in [3.63, 3.8) is 0 Å². The fraction of sp³-hybridized carbons (Fsp3) is 0.867. The van der Waals surface area contributed by atoms with Crippen molar-refractivity contribution >= 4 is 11.9 Å². The van der Waals surface area contributed by atoms with Crippen LogP contribution in [0.3, 0.4) is 0 Å². The van der Waals surface area contributed by atoms with Crippen molar-refractivity contribution in [2.45, 2.75) is 31.7 Å². The number of likely N-dealkylation sites (N-methyl/N-ethyl adjacent to an activating group) is 1. The lowest BCUT2D eigenvalue weighted by molar-refractivity contribution is -0.132. The van der Waals surface area contributed by atoms with Crippen molar-refractivity contribution in [2.75, 3.05) is 39.9 Å². The Morgan fingerprint density at radius 1 is 1.38 bits per heavy atom. The Morgan fingerprint density at radius 2 is 2.19 bits per heavy atom. The zero-order valence-electron chi connectivity index (χ0n) is 12.9. The van der Waals surface area contributed by atoms with Crippen LogP contribution in [0.15, 0.2) is 0 Å². The smallest absolute Gasteiger partial charge is 0.324 e. The molecule has 3 amide bonds. The third kappa shape index (κ3) is 2.66. The lowest BCUT2D eigenvalue weighted by Gasteiger charge is -2.40. The van der Waals surface area contributed by atoms with Gasteiger partial charge in [0, 0.05) is 32.7 Å². The average molecular weight is 295 g/mol. The number of rotatable bonds is 3. The van der Waals surface area contributed by atoms with Crippen LogP contribution in [0.5, 0.6) is 0 Å². The van der Waals surface area contributed by atoms with Gasteiger partial charge in [-0.15, -0.1) is 0 Å². The summed E-state index contributed by atoms with van der Waals surface area (Å²) in [6, 6.07) is -0.274. The molecule has 3 heterocycles. The van der Waals surface area contributed by atoms with Crippen molar-refractivity contribution in [1.82, 2.24) is 15.1 Å². The van der Waals surface area contributed by atoms with Gasteiger partial charge in [-0.1, -0.05) is 0 Å². The molecule has 3 saturated heterocycles. The second-order valence-electron chi connectivity index (χ2n) is 6.83. The normalized spacial score (nSPS) is 38.1. The molecule has 0 radical (unpaired) electrons. The van der Waals surface area contributed by atoms with E-state index < -0.39 is 5.54 Å². The first-order valence-corrected chi connectivity index (χ1v) is 7.91. The number of hydrogen-bond donors (Lipinski definition) is 1. The number of ether oxygens (including phenoxy) is 1. The lowest BCUT2D eigenvalue weighted by atomic mass is 9.79. The molecule has 0 saturated carbocycles. The van der Waals surface area contributed by atoms with Crippen LogP contribution in [0.25, 0.3) is 0 Å². The molecule has 0 aromatic carbocycles. The number of imide groups is 1. The minimum absolute atomic E-state index is 0.0939. The topological polar surface area (TPSA) is 61.9 Å². The van der Waals surface area contributed by atoms with Crippen LogP contribution in [0.2, 0.25) is 0 Å². The Labute approximate surface area is 125 Å². The summed E-state index contributed by atoms with van der Waals surface area (Å²) in [5.41, 5.74) is -0.739. The van der Waals surface area contributed by atoms with E-state index in [1.165, 1.54) is 4.90 Å². The predicted molar refractivity (Wildman–Crippen MR) is 77.8 cm³/mol. The van der Waals surface area contributed by atoms with Gasteiger partial charge in [0.25, 0.3) is 5.91 Å². The molecule has 3 aliphatic heterocycles. The monoisotopic (exact) mass is 295 g/mol. The molecule has 3 atom stereocenters. The third-order valence-electron chi connectivity index (χ3n) is 5.28. The Hall–Kier alpha value is -1.14. The van der Waals surface area contributed by atoms with Gasteiger partial charge < -0.3 is 15.0 Å². The van der Waals surface area contributed by atoms with Crippen molar-refractivity contribution in [2.24, 2.45) is 11.8 Å². The maximum atomic E-state index is 12.4. The summed E-state index contributed by atoms with van der Waals surface area (Å²) < 4.78 is 5.45. The van der Waals surface area contributed by atoms with Crippen LogP contribution < -0.4 is 5.32 Å². The van der Waals surface area contributed by atoms with E-state index >= 15 is 0 Å². The van der Waals surface area contributed by atoms with E-state index in [0.717, 1.165) is 52.1 Å². The van der Waals surface area contributed by atoms with Gasteiger partial charge in [-0.25, -0.2) is 4.79 Å². The van der Waals surface area contributed by atoms with Gasteiger partial charge in [-0.05, 0) is 38.6 Å². The van der Waals surface area contributed by atoms with E-state index in [9.17, 15) is 9.59 Å². The van der Waals surface area contributed by atoms with E-state index in [1.54, 1.807) is 7.05 Å². The molecule has 118 valence electrons. The molecule has 1 N–H and O–H groups in total. The highest BCUT2D eigenvalue weighted by Gasteiger charge is 2.51. The molecule has 3 rings (SSSR count). The minimum Gasteiger partial charge on any atom is -0.381 e. The zero-order chi connectivity index (χ0) is 15.0. The Bertz CT molecular complexity index is 436. The number of amides is 3. The second-order valence-corrected chi connectivity index (χ2v) is 6.83. The molecule has 0 aromatic heterocycles. The number of carbonyl (C=O) groups is 2. The van der Waals surface area contributed by atoms with E-state index in [2.05, 4.69) is 10.2 Å². The molecule has 0 aliphatic carbocycles. The summed E-state index contributed by atoms with van der Waals surface area (Å²) in [7, 11) is 1.55. The van der Waals surface area contributed by atoms with Gasteiger partial charge >= 0.3 is 6.03 Å². The number of hydrogen-bond acceptors (Lipinski definition) is 4. The molecule has 6 heteroatoms. The van der Waals surface area contributed by atoms with Gasteiger partial charge in [0.05, 0.1) is 6.61 Å². The van der Waals surface area contributed by atoms with E-state index in [0.29, 0.717) is 5.92 Å². The number of piperidine rings is 1. The van der Waals surface area contributed by atoms with Gasteiger partial charge in [0.2, 0.25) is 0 Å². The number of likely N-dealkylation sites (tertiary alicyclic amines) is 1. The van der Waals surface area contributed by atoms with Crippen LogP contribution in [0.1, 0.15) is 26.2 Å². The molecule has 3 unspecified atom stereocenters. The first-order chi connectivity index (χ1) is 10.0. The largest absolute Gasteiger partial charge is 0.381 e. The quantitative estimate of drug-likeness (QED) is 0.778. The highest BCUT2D eigenvalue weighted by molar-refractivity contribution is 6.06. The third-order valence-corrected chi connectivity index (χ3v) is 5.28. The Kier molecular flexibility index (Phi) is 3.92. The van der Waals surface area contributed by atoms with Crippen LogP contribution in [0, 0.1) is 11.8 Å². The Morgan fingerprint density at radius 3 is 2.81 bits per heavy atom. The first-order valence-electron chi connectivity index (χ1n) is 7.91. The minimum atomic E-state index is -0.739. The van der Waals surface area contributed by atoms with Crippen molar-refractivity contribution in [3.05, 3.63) is 0 Å².